The van der Waals surface area contributed by atoms with E-state index in [9.17, 15) is 22.1 Å². The zero-order valence-corrected chi connectivity index (χ0v) is 19.9. The first-order valence-electron chi connectivity index (χ1n) is 12.0. The van der Waals surface area contributed by atoms with Gasteiger partial charge in [-0.3, -0.25) is 4.79 Å². The summed E-state index contributed by atoms with van der Waals surface area (Å²) in [6.07, 6.45) is 17.1. The first-order chi connectivity index (χ1) is 13.8. The molecule has 0 amide bonds. The van der Waals surface area contributed by atoms with Crippen LogP contribution < -0.4 is 0 Å². The standard InChI is InChI=1S/C23H44NO.BF4/c1-6-7-8-9-10-11-12-13-14-15-18-24(4,5)23-17-16-20(19-21(23)25)22(23,2)3;2-1(3,4)5/h20H,6-19H2,1-5H3;/q+1;-1/t20-,23-;/m1./s1. The van der Waals surface area contributed by atoms with Gasteiger partial charge in [0.1, 0.15) is 0 Å². The summed E-state index contributed by atoms with van der Waals surface area (Å²) in [5, 5.41) is 0. The summed E-state index contributed by atoms with van der Waals surface area (Å²) in [6, 6.07) is 0. The van der Waals surface area contributed by atoms with Gasteiger partial charge >= 0.3 is 7.25 Å². The molecule has 2 aliphatic rings. The Labute approximate surface area is 181 Å². The second kappa shape index (κ2) is 11.3. The molecule has 0 aliphatic heterocycles. The van der Waals surface area contributed by atoms with Crippen LogP contribution in [0, 0.1) is 11.3 Å². The Morgan fingerprint density at radius 2 is 1.33 bits per heavy atom. The van der Waals surface area contributed by atoms with Crippen LogP contribution in [0.3, 0.4) is 0 Å². The van der Waals surface area contributed by atoms with E-state index in [0.29, 0.717) is 11.7 Å². The minimum absolute atomic E-state index is 0.100. The number of unbranched alkanes of at least 4 members (excludes halogenated alkanes) is 9. The summed E-state index contributed by atoms with van der Waals surface area (Å²) in [4.78, 5) is 12.9. The van der Waals surface area contributed by atoms with Crippen LogP contribution >= 0.6 is 0 Å². The molecule has 2 bridgehead atoms. The highest BCUT2D eigenvalue weighted by atomic mass is 19.5. The zero-order valence-electron chi connectivity index (χ0n) is 19.9. The molecule has 2 saturated carbocycles. The van der Waals surface area contributed by atoms with Gasteiger partial charge in [-0.25, -0.2) is 0 Å². The molecule has 0 aromatic rings. The summed E-state index contributed by atoms with van der Waals surface area (Å²) in [5.74, 6) is 1.19. The first-order valence-corrected chi connectivity index (χ1v) is 12.0. The number of carbonyl (C=O) groups is 1. The number of carbonyl (C=O) groups excluding carboxylic acids is 1. The van der Waals surface area contributed by atoms with E-state index in [1.807, 2.05) is 0 Å². The normalized spacial score (nSPS) is 25.4. The summed E-state index contributed by atoms with van der Waals surface area (Å²) in [7, 11) is -1.33. The van der Waals surface area contributed by atoms with Gasteiger partial charge in [0.25, 0.3) is 0 Å². The molecule has 2 atom stereocenters. The lowest BCUT2D eigenvalue weighted by atomic mass is 9.73. The average Bonchev–Trinajstić information content (AvgIpc) is 2.98. The summed E-state index contributed by atoms with van der Waals surface area (Å²) >= 11 is 0. The van der Waals surface area contributed by atoms with Crippen molar-refractivity contribution in [3.05, 3.63) is 0 Å². The van der Waals surface area contributed by atoms with E-state index < -0.39 is 7.25 Å². The molecule has 2 aliphatic carbocycles. The molecule has 7 heteroatoms. The summed E-state index contributed by atoms with van der Waals surface area (Å²) in [6.45, 7) is 8.19. The predicted molar refractivity (Wildman–Crippen MR) is 118 cm³/mol. The number of nitrogens with zero attached hydrogens (tertiary/aromatic N) is 1. The second-order valence-corrected chi connectivity index (χ2v) is 10.5. The van der Waals surface area contributed by atoms with Gasteiger partial charge in [-0.05, 0) is 25.2 Å². The van der Waals surface area contributed by atoms with Crippen LogP contribution in [0.15, 0.2) is 0 Å². The maximum Gasteiger partial charge on any atom is 0.673 e. The lowest BCUT2D eigenvalue weighted by Gasteiger charge is -2.50. The van der Waals surface area contributed by atoms with Crippen LogP contribution in [-0.4, -0.2) is 43.7 Å². The Morgan fingerprint density at radius 1 is 0.900 bits per heavy atom. The van der Waals surface area contributed by atoms with Crippen molar-refractivity contribution in [2.45, 2.75) is 110 Å². The van der Waals surface area contributed by atoms with E-state index in [1.54, 1.807) is 0 Å². The van der Waals surface area contributed by atoms with Crippen LogP contribution in [0.2, 0.25) is 0 Å². The lowest BCUT2D eigenvalue weighted by molar-refractivity contribution is -0.937. The number of quaternary nitrogens is 1. The molecule has 2 fully saturated rings. The highest BCUT2D eigenvalue weighted by Crippen LogP contribution is 2.62. The summed E-state index contributed by atoms with van der Waals surface area (Å²) < 4.78 is 39.9. The maximum atomic E-state index is 12.9. The molecular weight excluding hydrogens is 393 g/mol. The van der Waals surface area contributed by atoms with E-state index in [1.165, 1.54) is 77.2 Å². The van der Waals surface area contributed by atoms with Crippen LogP contribution in [0.1, 0.15) is 104 Å². The average molecular weight is 437 g/mol. The third kappa shape index (κ3) is 6.96. The van der Waals surface area contributed by atoms with Gasteiger partial charge in [0.15, 0.2) is 11.3 Å². The van der Waals surface area contributed by atoms with Gasteiger partial charge in [-0.1, -0.05) is 72.1 Å². The quantitative estimate of drug-likeness (QED) is 0.134. The smallest absolute Gasteiger partial charge is 0.418 e. The zero-order chi connectivity index (χ0) is 23.1. The van der Waals surface area contributed by atoms with E-state index in [4.69, 9.17) is 0 Å². The number of rotatable bonds is 12. The molecule has 0 N–H and O–H groups in total. The van der Waals surface area contributed by atoms with Crippen LogP contribution in [0.5, 0.6) is 0 Å². The Balaban J connectivity index is 0.000000804. The van der Waals surface area contributed by atoms with Crippen LogP contribution in [0.25, 0.3) is 0 Å². The van der Waals surface area contributed by atoms with Crippen LogP contribution in [0.4, 0.5) is 17.3 Å². The molecule has 0 unspecified atom stereocenters. The van der Waals surface area contributed by atoms with Gasteiger partial charge in [0.05, 0.1) is 20.6 Å². The highest BCUT2D eigenvalue weighted by molar-refractivity contribution is 6.50. The third-order valence-electron chi connectivity index (χ3n) is 7.94. The van der Waals surface area contributed by atoms with Crippen molar-refractivity contribution in [1.29, 1.82) is 0 Å². The van der Waals surface area contributed by atoms with Crippen molar-refractivity contribution in [2.24, 2.45) is 11.3 Å². The minimum Gasteiger partial charge on any atom is -0.418 e. The van der Waals surface area contributed by atoms with Gasteiger partial charge in [0, 0.05) is 18.3 Å². The predicted octanol–water partition coefficient (Wildman–Crippen LogP) is 7.43. The largest absolute Gasteiger partial charge is 0.673 e. The molecule has 2 nitrogen and oxygen atoms in total. The van der Waals surface area contributed by atoms with Crippen molar-refractivity contribution < 1.29 is 26.5 Å². The number of Topliss-reactive ketones (excluding diaryl/α,β-unsaturated/α-hetero) is 1. The number of halogens is 4. The molecule has 178 valence electrons. The molecule has 30 heavy (non-hydrogen) atoms. The van der Waals surface area contributed by atoms with Gasteiger partial charge < -0.3 is 21.7 Å². The number of hydrogen-bond donors (Lipinski definition) is 0. The van der Waals surface area contributed by atoms with E-state index in [0.717, 1.165) is 17.3 Å². The third-order valence-corrected chi connectivity index (χ3v) is 7.94. The van der Waals surface area contributed by atoms with Gasteiger partial charge in [-0.2, -0.15) is 0 Å². The Bertz CT molecular complexity index is 530. The fourth-order valence-corrected chi connectivity index (χ4v) is 6.26. The Kier molecular flexibility index (Phi) is 10.4. The second-order valence-electron chi connectivity index (χ2n) is 10.5. The highest BCUT2D eigenvalue weighted by Gasteiger charge is 2.71. The molecule has 0 aromatic carbocycles. The van der Waals surface area contributed by atoms with E-state index in [-0.39, 0.29) is 11.0 Å². The van der Waals surface area contributed by atoms with Crippen molar-refractivity contribution in [2.75, 3.05) is 20.6 Å². The maximum absolute atomic E-state index is 12.9. The number of hydrogen-bond acceptors (Lipinski definition) is 1. The van der Waals surface area contributed by atoms with Crippen LogP contribution in [-0.2, 0) is 4.79 Å². The van der Waals surface area contributed by atoms with Crippen molar-refractivity contribution in [1.82, 2.24) is 0 Å². The van der Waals surface area contributed by atoms with E-state index >= 15 is 0 Å². The van der Waals surface area contributed by atoms with Gasteiger partial charge in [0.2, 0.25) is 0 Å². The fourth-order valence-electron chi connectivity index (χ4n) is 6.26. The first kappa shape index (κ1) is 27.4. The molecule has 0 saturated heterocycles. The molecule has 2 rings (SSSR count). The molecular formula is C23H44BF4NO. The summed E-state index contributed by atoms with van der Waals surface area (Å²) in [5.41, 5.74) is 0.0863. The molecule has 0 radical (unpaired) electrons. The topological polar surface area (TPSA) is 17.1 Å². The SMILES string of the molecule is CCCCCCCCCCCC[N+](C)(C)[C@]12CC[C@H](CC1=O)C2(C)C.F[B-](F)(F)F. The number of likely N-dealkylation sites (N-methyl/N-ethyl adjacent to an activating group) is 1. The lowest BCUT2D eigenvalue weighted by Crippen LogP contribution is -2.66. The molecule has 0 aromatic heterocycles. The van der Waals surface area contributed by atoms with Crippen molar-refractivity contribution in [3.8, 4) is 0 Å². The van der Waals surface area contributed by atoms with Crippen molar-refractivity contribution >= 4 is 13.0 Å². The molecule has 0 spiro atoms. The fraction of sp³-hybridized carbons (Fsp3) is 0.957. The van der Waals surface area contributed by atoms with Crippen molar-refractivity contribution in [3.63, 3.8) is 0 Å². The Hall–Kier alpha value is -0.585. The minimum atomic E-state index is -6.00. The van der Waals surface area contributed by atoms with E-state index in [2.05, 4.69) is 34.9 Å². The monoisotopic (exact) mass is 437 g/mol. The Morgan fingerprint density at radius 3 is 1.70 bits per heavy atom. The molecule has 0 heterocycles. The number of fused-ring (bicyclic) bond motifs is 2. The number of ketones is 1. The van der Waals surface area contributed by atoms with Gasteiger partial charge in [-0.15, -0.1) is 0 Å².